The third-order valence-electron chi connectivity index (χ3n) is 4.29. The van der Waals surface area contributed by atoms with Crippen molar-refractivity contribution in [3.05, 3.63) is 29.8 Å². The van der Waals surface area contributed by atoms with E-state index >= 15 is 0 Å². The topological polar surface area (TPSA) is 53.3 Å². The number of benzene rings is 1. The average Bonchev–Trinajstić information content (AvgIpc) is 2.44. The second-order valence-electron chi connectivity index (χ2n) is 5.67. The minimum Gasteiger partial charge on any atom is -0.493 e. The van der Waals surface area contributed by atoms with Crippen LogP contribution in [0.25, 0.3) is 0 Å². The van der Waals surface area contributed by atoms with Crippen molar-refractivity contribution in [3.63, 3.8) is 0 Å². The van der Waals surface area contributed by atoms with Gasteiger partial charge in [-0.1, -0.05) is 18.2 Å². The van der Waals surface area contributed by atoms with Gasteiger partial charge in [-0.2, -0.15) is 5.26 Å². The Morgan fingerprint density at radius 3 is 2.71 bits per heavy atom. The van der Waals surface area contributed by atoms with Gasteiger partial charge in [0.2, 0.25) is 5.91 Å². The second-order valence-corrected chi connectivity index (χ2v) is 5.67. The maximum Gasteiger partial charge on any atom is 0.223 e. The van der Waals surface area contributed by atoms with Gasteiger partial charge in [-0.3, -0.25) is 4.79 Å². The van der Waals surface area contributed by atoms with Crippen molar-refractivity contribution in [1.82, 2.24) is 4.90 Å². The van der Waals surface area contributed by atoms with Crippen molar-refractivity contribution < 1.29 is 9.53 Å². The third kappa shape index (κ3) is 3.36. The molecule has 0 N–H and O–H groups in total. The van der Waals surface area contributed by atoms with Crippen LogP contribution in [0.15, 0.2) is 24.3 Å². The average molecular weight is 286 g/mol. The van der Waals surface area contributed by atoms with E-state index in [-0.39, 0.29) is 5.91 Å². The Hall–Kier alpha value is -2.02. The van der Waals surface area contributed by atoms with Crippen LogP contribution in [0.4, 0.5) is 0 Å². The summed E-state index contributed by atoms with van der Waals surface area (Å²) in [7, 11) is 1.74. The fourth-order valence-electron chi connectivity index (χ4n) is 2.56. The maximum atomic E-state index is 12.1. The minimum atomic E-state index is -0.548. The molecule has 112 valence electrons. The van der Waals surface area contributed by atoms with E-state index in [4.69, 9.17) is 4.74 Å². The number of ether oxygens (including phenoxy) is 1. The van der Waals surface area contributed by atoms with Gasteiger partial charge in [-0.25, -0.2) is 0 Å². The summed E-state index contributed by atoms with van der Waals surface area (Å²) in [6.07, 6.45) is 3.71. The van der Waals surface area contributed by atoms with E-state index in [1.165, 1.54) is 0 Å². The Balaban J connectivity index is 1.75. The standard InChI is InChI=1S/C17H22N2O2/c1-14-7-3-4-8-15(14)21-12-5-9-16(20)19(2)17(13-18)10-6-11-17/h3-4,7-8H,5-6,9-12H2,1-2H3. The summed E-state index contributed by atoms with van der Waals surface area (Å²) in [6.45, 7) is 2.52. The molecule has 0 unspecified atom stereocenters. The molecule has 0 aromatic heterocycles. The lowest BCUT2D eigenvalue weighted by atomic mass is 9.76. The molecule has 0 atom stereocenters. The normalized spacial score (nSPS) is 15.7. The van der Waals surface area contributed by atoms with Crippen LogP contribution in [-0.4, -0.2) is 30.0 Å². The van der Waals surface area contributed by atoms with E-state index in [0.29, 0.717) is 19.4 Å². The lowest BCUT2D eigenvalue weighted by Crippen LogP contribution is -2.53. The molecule has 0 aliphatic heterocycles. The highest BCUT2D eigenvalue weighted by Crippen LogP contribution is 2.36. The molecular formula is C17H22N2O2. The zero-order chi connectivity index (χ0) is 15.3. The number of nitrogens with zero attached hydrogens (tertiary/aromatic N) is 2. The van der Waals surface area contributed by atoms with E-state index in [0.717, 1.165) is 30.6 Å². The molecule has 0 radical (unpaired) electrons. The lowest BCUT2D eigenvalue weighted by Gasteiger charge is -2.43. The SMILES string of the molecule is Cc1ccccc1OCCCC(=O)N(C)C1(C#N)CCC1. The van der Waals surface area contributed by atoms with E-state index < -0.39 is 5.54 Å². The summed E-state index contributed by atoms with van der Waals surface area (Å²) in [5.74, 6) is 0.899. The molecule has 1 aromatic rings. The van der Waals surface area contributed by atoms with E-state index in [9.17, 15) is 10.1 Å². The number of carbonyl (C=O) groups excluding carboxylic acids is 1. The first kappa shape index (κ1) is 15.4. The van der Waals surface area contributed by atoms with Gasteiger partial charge in [0.05, 0.1) is 12.7 Å². The molecule has 4 heteroatoms. The van der Waals surface area contributed by atoms with E-state index in [2.05, 4.69) is 6.07 Å². The van der Waals surface area contributed by atoms with Gasteiger partial charge < -0.3 is 9.64 Å². The Labute approximate surface area is 126 Å². The van der Waals surface area contributed by atoms with Gasteiger partial charge >= 0.3 is 0 Å². The third-order valence-corrected chi connectivity index (χ3v) is 4.29. The van der Waals surface area contributed by atoms with Gasteiger partial charge in [-0.05, 0) is 44.2 Å². The molecular weight excluding hydrogens is 264 g/mol. The smallest absolute Gasteiger partial charge is 0.223 e. The quantitative estimate of drug-likeness (QED) is 0.755. The maximum absolute atomic E-state index is 12.1. The highest BCUT2D eigenvalue weighted by Gasteiger charge is 2.43. The fourth-order valence-corrected chi connectivity index (χ4v) is 2.56. The van der Waals surface area contributed by atoms with Crippen LogP contribution in [0.5, 0.6) is 5.75 Å². The monoisotopic (exact) mass is 286 g/mol. The number of hydrogen-bond acceptors (Lipinski definition) is 3. The van der Waals surface area contributed by atoms with Gasteiger partial charge in [0, 0.05) is 13.5 Å². The molecule has 0 spiro atoms. The first-order chi connectivity index (χ1) is 10.1. The number of aryl methyl sites for hydroxylation is 1. The molecule has 4 nitrogen and oxygen atoms in total. The molecule has 1 fully saturated rings. The molecule has 1 aliphatic carbocycles. The van der Waals surface area contributed by atoms with E-state index in [1.54, 1.807) is 11.9 Å². The summed E-state index contributed by atoms with van der Waals surface area (Å²) in [5.41, 5.74) is 0.548. The van der Waals surface area contributed by atoms with Crippen molar-refractivity contribution in [2.45, 2.75) is 44.6 Å². The Kier molecular flexibility index (Phi) is 4.85. The van der Waals surface area contributed by atoms with Crippen LogP contribution >= 0.6 is 0 Å². The zero-order valence-electron chi connectivity index (χ0n) is 12.8. The van der Waals surface area contributed by atoms with Gasteiger partial charge in [0.25, 0.3) is 0 Å². The second kappa shape index (κ2) is 6.62. The Morgan fingerprint density at radius 2 is 2.14 bits per heavy atom. The summed E-state index contributed by atoms with van der Waals surface area (Å²) >= 11 is 0. The molecule has 1 saturated carbocycles. The first-order valence-corrected chi connectivity index (χ1v) is 7.45. The molecule has 0 saturated heterocycles. The predicted octanol–water partition coefficient (Wildman–Crippen LogP) is 3.06. The molecule has 0 bridgehead atoms. The summed E-state index contributed by atoms with van der Waals surface area (Å²) in [6, 6.07) is 10.1. The summed E-state index contributed by atoms with van der Waals surface area (Å²) in [5, 5.41) is 9.24. The number of hydrogen-bond donors (Lipinski definition) is 0. The van der Waals surface area contributed by atoms with Crippen molar-refractivity contribution in [1.29, 1.82) is 5.26 Å². The van der Waals surface area contributed by atoms with Crippen LogP contribution < -0.4 is 4.74 Å². The Morgan fingerprint density at radius 1 is 1.43 bits per heavy atom. The molecule has 1 aliphatic rings. The number of para-hydroxylation sites is 1. The Bertz CT molecular complexity index is 544. The lowest BCUT2D eigenvalue weighted by molar-refractivity contribution is -0.136. The zero-order valence-corrected chi connectivity index (χ0v) is 12.8. The van der Waals surface area contributed by atoms with Crippen molar-refractivity contribution in [3.8, 4) is 11.8 Å². The van der Waals surface area contributed by atoms with Crippen molar-refractivity contribution in [2.24, 2.45) is 0 Å². The number of amides is 1. The van der Waals surface area contributed by atoms with Crippen molar-refractivity contribution >= 4 is 5.91 Å². The number of carbonyl (C=O) groups is 1. The molecule has 2 rings (SSSR count). The first-order valence-electron chi connectivity index (χ1n) is 7.45. The molecule has 1 aromatic carbocycles. The summed E-state index contributed by atoms with van der Waals surface area (Å²) < 4.78 is 5.68. The number of nitriles is 1. The molecule has 21 heavy (non-hydrogen) atoms. The molecule has 0 heterocycles. The van der Waals surface area contributed by atoms with Gasteiger partial charge in [0.1, 0.15) is 11.3 Å². The highest BCUT2D eigenvalue weighted by molar-refractivity contribution is 5.77. The van der Waals surface area contributed by atoms with Crippen LogP contribution in [0.3, 0.4) is 0 Å². The van der Waals surface area contributed by atoms with E-state index in [1.807, 2.05) is 31.2 Å². The summed E-state index contributed by atoms with van der Waals surface area (Å²) in [4.78, 5) is 13.8. The predicted molar refractivity (Wildman–Crippen MR) is 80.9 cm³/mol. The van der Waals surface area contributed by atoms with Crippen LogP contribution in [0.2, 0.25) is 0 Å². The molecule has 1 amide bonds. The minimum absolute atomic E-state index is 0.0321. The highest BCUT2D eigenvalue weighted by atomic mass is 16.5. The van der Waals surface area contributed by atoms with Gasteiger partial charge in [0.15, 0.2) is 0 Å². The van der Waals surface area contributed by atoms with Crippen LogP contribution in [0.1, 0.15) is 37.7 Å². The van der Waals surface area contributed by atoms with Crippen LogP contribution in [0, 0.1) is 18.3 Å². The van der Waals surface area contributed by atoms with Crippen LogP contribution in [-0.2, 0) is 4.79 Å². The number of rotatable bonds is 6. The fraction of sp³-hybridized carbons (Fsp3) is 0.529. The largest absolute Gasteiger partial charge is 0.493 e. The van der Waals surface area contributed by atoms with Crippen molar-refractivity contribution in [2.75, 3.05) is 13.7 Å². The van der Waals surface area contributed by atoms with Gasteiger partial charge in [-0.15, -0.1) is 0 Å².